The summed E-state index contributed by atoms with van der Waals surface area (Å²) < 4.78 is 1.10. The highest BCUT2D eigenvalue weighted by Crippen LogP contribution is 2.28. The van der Waals surface area contributed by atoms with Gasteiger partial charge in [0.25, 0.3) is 0 Å². The van der Waals surface area contributed by atoms with Gasteiger partial charge in [-0.1, -0.05) is 53.7 Å². The zero-order chi connectivity index (χ0) is 13.7. The van der Waals surface area contributed by atoms with Crippen LogP contribution in [0.3, 0.4) is 0 Å². The summed E-state index contributed by atoms with van der Waals surface area (Å²) in [6, 6.07) is 8.63. The van der Waals surface area contributed by atoms with Crippen LogP contribution in [-0.2, 0) is 0 Å². The van der Waals surface area contributed by atoms with Gasteiger partial charge in [-0.05, 0) is 37.0 Å². The van der Waals surface area contributed by atoms with Gasteiger partial charge in [0, 0.05) is 17.1 Å². The minimum Gasteiger partial charge on any atom is -0.392 e. The molecule has 1 saturated carbocycles. The molecule has 2 rings (SSSR count). The molecule has 2 N–H and O–H groups in total. The summed E-state index contributed by atoms with van der Waals surface area (Å²) in [4.78, 5) is 0. The van der Waals surface area contributed by atoms with Crippen molar-refractivity contribution in [3.05, 3.63) is 34.3 Å². The minimum absolute atomic E-state index is 0.207. The average molecular weight is 326 g/mol. The standard InChI is InChI=1S/C16H24BrNO/c1-12(14-6-8-15(17)9-7-14)18-11-16(19)10-13-4-2-3-5-13/h6-9,12-13,16,18-19H,2-5,10-11H2,1H3. The number of rotatable bonds is 6. The first kappa shape index (κ1) is 15.0. The van der Waals surface area contributed by atoms with Gasteiger partial charge in [0.05, 0.1) is 6.10 Å². The van der Waals surface area contributed by atoms with Crippen molar-refractivity contribution in [2.75, 3.05) is 6.54 Å². The van der Waals surface area contributed by atoms with Crippen LogP contribution in [0.25, 0.3) is 0 Å². The summed E-state index contributed by atoms with van der Waals surface area (Å²) in [5.74, 6) is 0.750. The third-order valence-electron chi connectivity index (χ3n) is 4.11. The number of nitrogens with one attached hydrogen (secondary N) is 1. The molecule has 2 nitrogen and oxygen atoms in total. The molecule has 0 aliphatic heterocycles. The Labute approximate surface area is 124 Å². The van der Waals surface area contributed by atoms with Crippen LogP contribution >= 0.6 is 15.9 Å². The second kappa shape index (κ2) is 7.41. The Bertz CT molecular complexity index is 373. The van der Waals surface area contributed by atoms with Gasteiger partial charge in [-0.25, -0.2) is 0 Å². The van der Waals surface area contributed by atoms with Gasteiger partial charge < -0.3 is 10.4 Å². The largest absolute Gasteiger partial charge is 0.392 e. The van der Waals surface area contributed by atoms with E-state index in [0.29, 0.717) is 6.54 Å². The molecule has 2 unspecified atom stereocenters. The first-order valence-corrected chi connectivity index (χ1v) is 8.11. The number of halogens is 1. The van der Waals surface area contributed by atoms with Crippen LogP contribution in [0.1, 0.15) is 50.6 Å². The summed E-state index contributed by atoms with van der Waals surface area (Å²) in [7, 11) is 0. The minimum atomic E-state index is -0.207. The topological polar surface area (TPSA) is 32.3 Å². The van der Waals surface area contributed by atoms with Crippen molar-refractivity contribution in [2.24, 2.45) is 5.92 Å². The van der Waals surface area contributed by atoms with Gasteiger partial charge in [0.1, 0.15) is 0 Å². The van der Waals surface area contributed by atoms with Crippen molar-refractivity contribution in [1.82, 2.24) is 5.32 Å². The highest BCUT2D eigenvalue weighted by atomic mass is 79.9. The first-order valence-electron chi connectivity index (χ1n) is 7.32. The lowest BCUT2D eigenvalue weighted by molar-refractivity contribution is 0.137. The molecule has 106 valence electrons. The molecule has 1 aromatic rings. The number of aliphatic hydroxyl groups excluding tert-OH is 1. The third-order valence-corrected chi connectivity index (χ3v) is 4.64. The van der Waals surface area contributed by atoms with Gasteiger partial charge in [-0.3, -0.25) is 0 Å². The smallest absolute Gasteiger partial charge is 0.0667 e. The van der Waals surface area contributed by atoms with Gasteiger partial charge in [0.2, 0.25) is 0 Å². The second-order valence-corrected chi connectivity index (χ2v) is 6.64. The quantitative estimate of drug-likeness (QED) is 0.827. The molecule has 0 radical (unpaired) electrons. The Morgan fingerprint density at radius 2 is 1.89 bits per heavy atom. The maximum Gasteiger partial charge on any atom is 0.0667 e. The summed E-state index contributed by atoms with van der Waals surface area (Å²) >= 11 is 3.45. The summed E-state index contributed by atoms with van der Waals surface area (Å²) in [5, 5.41) is 13.5. The lowest BCUT2D eigenvalue weighted by Gasteiger charge is -2.19. The maximum atomic E-state index is 10.1. The van der Waals surface area contributed by atoms with Crippen LogP contribution in [-0.4, -0.2) is 17.8 Å². The second-order valence-electron chi connectivity index (χ2n) is 5.72. The fourth-order valence-corrected chi connectivity index (χ4v) is 3.16. The highest BCUT2D eigenvalue weighted by Gasteiger charge is 2.19. The van der Waals surface area contributed by atoms with E-state index >= 15 is 0 Å². The molecule has 1 aliphatic rings. The fourth-order valence-electron chi connectivity index (χ4n) is 2.90. The third kappa shape index (κ3) is 4.90. The van der Waals surface area contributed by atoms with E-state index in [1.54, 1.807) is 0 Å². The predicted molar refractivity (Wildman–Crippen MR) is 83.1 cm³/mol. The highest BCUT2D eigenvalue weighted by molar-refractivity contribution is 9.10. The zero-order valence-electron chi connectivity index (χ0n) is 11.6. The molecule has 0 bridgehead atoms. The number of hydrogen-bond donors (Lipinski definition) is 2. The van der Waals surface area contributed by atoms with Crippen LogP contribution in [0.4, 0.5) is 0 Å². The van der Waals surface area contributed by atoms with Crippen molar-refractivity contribution >= 4 is 15.9 Å². The van der Waals surface area contributed by atoms with Crippen LogP contribution in [0.2, 0.25) is 0 Å². The normalized spacial score (nSPS) is 19.5. The summed E-state index contributed by atoms with van der Waals surface area (Å²) in [5.41, 5.74) is 1.26. The summed E-state index contributed by atoms with van der Waals surface area (Å²) in [6.45, 7) is 2.83. The Morgan fingerprint density at radius 1 is 1.26 bits per heavy atom. The van der Waals surface area contributed by atoms with Crippen molar-refractivity contribution in [3.63, 3.8) is 0 Å². The van der Waals surface area contributed by atoms with E-state index in [1.807, 2.05) is 0 Å². The van der Waals surface area contributed by atoms with Crippen LogP contribution in [0.15, 0.2) is 28.7 Å². The first-order chi connectivity index (χ1) is 9.15. The number of benzene rings is 1. The SMILES string of the molecule is CC(NCC(O)CC1CCCC1)c1ccc(Br)cc1. The molecule has 0 spiro atoms. The van der Waals surface area contributed by atoms with Crippen molar-refractivity contribution < 1.29 is 5.11 Å². The number of hydrogen-bond acceptors (Lipinski definition) is 2. The molecule has 3 heteroatoms. The lowest BCUT2D eigenvalue weighted by Crippen LogP contribution is -2.30. The number of aliphatic hydroxyl groups is 1. The molecule has 1 aromatic carbocycles. The maximum absolute atomic E-state index is 10.1. The van der Waals surface area contributed by atoms with E-state index in [1.165, 1.54) is 31.2 Å². The van der Waals surface area contributed by atoms with E-state index in [2.05, 4.69) is 52.4 Å². The van der Waals surface area contributed by atoms with E-state index in [4.69, 9.17) is 0 Å². The van der Waals surface area contributed by atoms with Gasteiger partial charge >= 0.3 is 0 Å². The molecule has 1 fully saturated rings. The monoisotopic (exact) mass is 325 g/mol. The van der Waals surface area contributed by atoms with E-state index < -0.39 is 0 Å². The molecule has 0 heterocycles. The van der Waals surface area contributed by atoms with Crippen LogP contribution in [0.5, 0.6) is 0 Å². The molecular formula is C16H24BrNO. The fraction of sp³-hybridized carbons (Fsp3) is 0.625. The Hall–Kier alpha value is -0.380. The molecular weight excluding hydrogens is 302 g/mol. The van der Waals surface area contributed by atoms with Crippen LogP contribution in [0, 0.1) is 5.92 Å². The van der Waals surface area contributed by atoms with E-state index in [-0.39, 0.29) is 12.1 Å². The van der Waals surface area contributed by atoms with Crippen LogP contribution < -0.4 is 5.32 Å². The summed E-state index contributed by atoms with van der Waals surface area (Å²) in [6.07, 6.45) is 6.06. The van der Waals surface area contributed by atoms with E-state index in [9.17, 15) is 5.11 Å². The van der Waals surface area contributed by atoms with Gasteiger partial charge in [-0.2, -0.15) is 0 Å². The van der Waals surface area contributed by atoms with Crippen molar-refractivity contribution in [2.45, 2.75) is 51.2 Å². The molecule has 0 amide bonds. The predicted octanol–water partition coefficient (Wildman–Crippen LogP) is 4.04. The molecule has 19 heavy (non-hydrogen) atoms. The Kier molecular flexibility index (Phi) is 5.86. The Balaban J connectivity index is 1.73. The van der Waals surface area contributed by atoms with Crippen molar-refractivity contribution in [1.29, 1.82) is 0 Å². The van der Waals surface area contributed by atoms with Gasteiger partial charge in [0.15, 0.2) is 0 Å². The Morgan fingerprint density at radius 3 is 2.53 bits per heavy atom. The molecule has 2 atom stereocenters. The van der Waals surface area contributed by atoms with Gasteiger partial charge in [-0.15, -0.1) is 0 Å². The van der Waals surface area contributed by atoms with E-state index in [0.717, 1.165) is 16.8 Å². The lowest BCUT2D eigenvalue weighted by atomic mass is 10.00. The molecule has 0 aromatic heterocycles. The van der Waals surface area contributed by atoms with Crippen molar-refractivity contribution in [3.8, 4) is 0 Å². The molecule has 0 saturated heterocycles. The average Bonchev–Trinajstić information content (AvgIpc) is 2.89. The zero-order valence-corrected chi connectivity index (χ0v) is 13.2. The molecule has 1 aliphatic carbocycles.